The van der Waals surface area contributed by atoms with Gasteiger partial charge in [-0.3, -0.25) is 10.1 Å². The third-order valence-corrected chi connectivity index (χ3v) is 4.09. The van der Waals surface area contributed by atoms with Crippen LogP contribution in [0.2, 0.25) is 0 Å². The fourth-order valence-electron chi connectivity index (χ4n) is 1.90. The molecule has 0 atom stereocenters. The number of nitro benzene ring substituents is 1. The maximum absolute atomic E-state index is 11.5. The van der Waals surface area contributed by atoms with E-state index in [2.05, 4.69) is 5.32 Å². The van der Waals surface area contributed by atoms with Crippen molar-refractivity contribution < 1.29 is 18.4 Å². The Kier molecular flexibility index (Phi) is 4.43. The Morgan fingerprint density at radius 1 is 1.23 bits per heavy atom. The molecule has 0 bridgehead atoms. The van der Waals surface area contributed by atoms with Crippen molar-refractivity contribution in [3.63, 3.8) is 0 Å². The molecule has 0 aliphatic rings. The lowest BCUT2D eigenvalue weighted by atomic mass is 10.2. The van der Waals surface area contributed by atoms with Crippen molar-refractivity contribution in [1.82, 2.24) is 0 Å². The largest absolute Gasteiger partial charge is 0.392 e. The van der Waals surface area contributed by atoms with Crippen LogP contribution in [0.4, 0.5) is 17.1 Å². The number of nitrogens with one attached hydrogen (secondary N) is 1. The summed E-state index contributed by atoms with van der Waals surface area (Å²) in [5.74, 6) is 0. The third-order valence-electron chi connectivity index (χ3n) is 2.98. The van der Waals surface area contributed by atoms with Crippen molar-refractivity contribution in [3.05, 3.63) is 58.1 Å². The standard InChI is InChI=1S/C14H14N2O5S/c1-22(20,21)12-5-6-13(14(8-12)16(18)19)15-11-4-2-3-10(7-11)9-17/h2-8,15,17H,9H2,1H3. The number of rotatable bonds is 5. The number of nitro groups is 1. The highest BCUT2D eigenvalue weighted by Gasteiger charge is 2.18. The molecule has 2 aromatic rings. The molecule has 0 aliphatic carbocycles. The van der Waals surface area contributed by atoms with Gasteiger partial charge < -0.3 is 10.4 Å². The van der Waals surface area contributed by atoms with Crippen LogP contribution >= 0.6 is 0 Å². The molecule has 22 heavy (non-hydrogen) atoms. The van der Waals surface area contributed by atoms with E-state index in [-0.39, 0.29) is 22.9 Å². The first-order chi connectivity index (χ1) is 10.3. The predicted octanol–water partition coefficient (Wildman–Crippen LogP) is 2.23. The zero-order chi connectivity index (χ0) is 16.3. The molecule has 0 radical (unpaired) electrons. The summed E-state index contributed by atoms with van der Waals surface area (Å²) in [4.78, 5) is 10.4. The highest BCUT2D eigenvalue weighted by atomic mass is 32.2. The third kappa shape index (κ3) is 3.60. The van der Waals surface area contributed by atoms with Gasteiger partial charge in [0, 0.05) is 18.0 Å². The SMILES string of the molecule is CS(=O)(=O)c1ccc(Nc2cccc(CO)c2)c([N+](=O)[O-])c1. The van der Waals surface area contributed by atoms with E-state index in [0.29, 0.717) is 11.3 Å². The van der Waals surface area contributed by atoms with Gasteiger partial charge in [0.25, 0.3) is 5.69 Å². The van der Waals surface area contributed by atoms with Gasteiger partial charge in [-0.05, 0) is 29.8 Å². The quantitative estimate of drug-likeness (QED) is 0.645. The number of anilines is 2. The van der Waals surface area contributed by atoms with Gasteiger partial charge in [-0.25, -0.2) is 8.42 Å². The number of sulfone groups is 1. The topological polar surface area (TPSA) is 110 Å². The Morgan fingerprint density at radius 3 is 2.55 bits per heavy atom. The normalized spacial score (nSPS) is 11.2. The van der Waals surface area contributed by atoms with E-state index in [4.69, 9.17) is 5.11 Å². The van der Waals surface area contributed by atoms with E-state index in [0.717, 1.165) is 12.3 Å². The lowest BCUT2D eigenvalue weighted by molar-refractivity contribution is -0.384. The maximum atomic E-state index is 11.5. The number of benzene rings is 2. The summed E-state index contributed by atoms with van der Waals surface area (Å²) in [6, 6.07) is 10.4. The van der Waals surface area contributed by atoms with Crippen molar-refractivity contribution in [1.29, 1.82) is 0 Å². The minimum Gasteiger partial charge on any atom is -0.392 e. The second-order valence-electron chi connectivity index (χ2n) is 4.69. The minimum atomic E-state index is -3.52. The van der Waals surface area contributed by atoms with Gasteiger partial charge in [-0.15, -0.1) is 0 Å². The molecule has 0 spiro atoms. The summed E-state index contributed by atoms with van der Waals surface area (Å²) in [6.07, 6.45) is 0.990. The molecule has 0 aliphatic heterocycles. The van der Waals surface area contributed by atoms with Crippen LogP contribution in [0.5, 0.6) is 0 Å². The minimum absolute atomic E-state index is 0.117. The van der Waals surface area contributed by atoms with Gasteiger partial charge in [0.05, 0.1) is 16.4 Å². The molecule has 0 aromatic heterocycles. The van der Waals surface area contributed by atoms with Gasteiger partial charge in [0.1, 0.15) is 5.69 Å². The van der Waals surface area contributed by atoms with Crippen LogP contribution in [0.3, 0.4) is 0 Å². The highest BCUT2D eigenvalue weighted by molar-refractivity contribution is 7.90. The molecule has 2 rings (SSSR count). The highest BCUT2D eigenvalue weighted by Crippen LogP contribution is 2.30. The smallest absolute Gasteiger partial charge is 0.293 e. The average molecular weight is 322 g/mol. The molecule has 0 saturated carbocycles. The Hall–Kier alpha value is -2.45. The Labute approximate surface area is 127 Å². The summed E-state index contributed by atoms with van der Waals surface area (Å²) in [5, 5.41) is 23.1. The fraction of sp³-hybridized carbons (Fsp3) is 0.143. The first-order valence-electron chi connectivity index (χ1n) is 6.26. The zero-order valence-electron chi connectivity index (χ0n) is 11.7. The van der Waals surface area contributed by atoms with E-state index in [1.165, 1.54) is 12.1 Å². The van der Waals surface area contributed by atoms with E-state index >= 15 is 0 Å². The van der Waals surface area contributed by atoms with E-state index in [1.54, 1.807) is 24.3 Å². The fourth-order valence-corrected chi connectivity index (χ4v) is 2.54. The first kappa shape index (κ1) is 15.9. The molecule has 2 aromatic carbocycles. The number of hydrogen-bond donors (Lipinski definition) is 2. The van der Waals surface area contributed by atoms with Crippen molar-refractivity contribution in [3.8, 4) is 0 Å². The zero-order valence-corrected chi connectivity index (χ0v) is 12.5. The molecule has 7 nitrogen and oxygen atoms in total. The van der Waals surface area contributed by atoms with Crippen molar-refractivity contribution >= 4 is 26.9 Å². The Bertz CT molecular complexity index is 818. The molecular weight excluding hydrogens is 308 g/mol. The maximum Gasteiger partial charge on any atom is 0.293 e. The van der Waals surface area contributed by atoms with Gasteiger partial charge in [0.2, 0.25) is 0 Å². The summed E-state index contributed by atoms with van der Waals surface area (Å²) in [7, 11) is -3.52. The van der Waals surface area contributed by atoms with E-state index in [9.17, 15) is 18.5 Å². The van der Waals surface area contributed by atoms with Gasteiger partial charge >= 0.3 is 0 Å². The molecule has 2 N–H and O–H groups in total. The summed E-state index contributed by atoms with van der Waals surface area (Å²) in [5.41, 5.74) is 1.05. The van der Waals surface area contributed by atoms with Crippen LogP contribution in [-0.2, 0) is 16.4 Å². The monoisotopic (exact) mass is 322 g/mol. The second-order valence-corrected chi connectivity index (χ2v) is 6.71. The lowest BCUT2D eigenvalue weighted by Crippen LogP contribution is -2.02. The molecule has 0 heterocycles. The molecule has 0 saturated heterocycles. The van der Waals surface area contributed by atoms with Crippen molar-refractivity contribution in [2.75, 3.05) is 11.6 Å². The van der Waals surface area contributed by atoms with E-state index in [1.807, 2.05) is 0 Å². The van der Waals surface area contributed by atoms with Crippen LogP contribution < -0.4 is 5.32 Å². The van der Waals surface area contributed by atoms with Crippen molar-refractivity contribution in [2.24, 2.45) is 0 Å². The van der Waals surface area contributed by atoms with Gasteiger partial charge in [-0.1, -0.05) is 12.1 Å². The first-order valence-corrected chi connectivity index (χ1v) is 8.16. The number of aliphatic hydroxyl groups is 1. The molecule has 0 unspecified atom stereocenters. The molecule has 0 amide bonds. The Balaban J connectivity index is 2.44. The van der Waals surface area contributed by atoms with Crippen molar-refractivity contribution in [2.45, 2.75) is 11.5 Å². The lowest BCUT2D eigenvalue weighted by Gasteiger charge is -2.09. The second kappa shape index (κ2) is 6.12. The van der Waals surface area contributed by atoms with Crippen LogP contribution in [0.25, 0.3) is 0 Å². The van der Waals surface area contributed by atoms with Gasteiger partial charge in [-0.2, -0.15) is 0 Å². The molecule has 8 heteroatoms. The summed E-state index contributed by atoms with van der Waals surface area (Å²) >= 11 is 0. The van der Waals surface area contributed by atoms with Crippen LogP contribution in [0.1, 0.15) is 5.56 Å². The number of aliphatic hydroxyl groups excluding tert-OH is 1. The van der Waals surface area contributed by atoms with Crippen LogP contribution in [0, 0.1) is 10.1 Å². The number of hydrogen-bond acceptors (Lipinski definition) is 6. The molecule has 0 fully saturated rings. The number of nitrogens with zero attached hydrogens (tertiary/aromatic N) is 1. The van der Waals surface area contributed by atoms with Crippen LogP contribution in [-0.4, -0.2) is 24.7 Å². The predicted molar refractivity (Wildman–Crippen MR) is 81.9 cm³/mol. The Morgan fingerprint density at radius 2 is 1.95 bits per heavy atom. The summed E-state index contributed by atoms with van der Waals surface area (Å²) in [6.45, 7) is -0.148. The van der Waals surface area contributed by atoms with E-state index < -0.39 is 14.8 Å². The van der Waals surface area contributed by atoms with Gasteiger partial charge in [0.15, 0.2) is 9.84 Å². The average Bonchev–Trinajstić information content (AvgIpc) is 2.46. The molecule has 116 valence electrons. The molecular formula is C14H14N2O5S. The summed E-state index contributed by atoms with van der Waals surface area (Å²) < 4.78 is 23.0. The van der Waals surface area contributed by atoms with Crippen LogP contribution in [0.15, 0.2) is 47.4 Å².